The van der Waals surface area contributed by atoms with E-state index in [0.717, 1.165) is 10.9 Å². The summed E-state index contributed by atoms with van der Waals surface area (Å²) in [6, 6.07) is 3.43. The number of nitrogens with zero attached hydrogens (tertiary/aromatic N) is 2. The molecule has 0 aliphatic rings. The first-order valence-electron chi connectivity index (χ1n) is 4.89. The fourth-order valence-electron chi connectivity index (χ4n) is 1.71. The molecule has 5 heteroatoms. The molecule has 0 aromatic carbocycles. The van der Waals surface area contributed by atoms with E-state index in [4.69, 9.17) is 9.84 Å². The minimum atomic E-state index is -0.938. The van der Waals surface area contributed by atoms with Crippen LogP contribution in [0.25, 0.3) is 10.9 Å². The molecule has 2 rings (SSSR count). The first kappa shape index (κ1) is 10.6. The number of aromatic nitrogens is 2. The van der Waals surface area contributed by atoms with Gasteiger partial charge >= 0.3 is 5.97 Å². The van der Waals surface area contributed by atoms with E-state index in [1.165, 1.54) is 0 Å². The van der Waals surface area contributed by atoms with Gasteiger partial charge in [-0.1, -0.05) is 0 Å². The predicted molar refractivity (Wildman–Crippen MR) is 58.6 cm³/mol. The van der Waals surface area contributed by atoms with Crippen LogP contribution in [0, 0.1) is 0 Å². The van der Waals surface area contributed by atoms with Crippen LogP contribution < -0.4 is 0 Å². The Morgan fingerprint density at radius 1 is 1.62 bits per heavy atom. The molecule has 2 aromatic heterocycles. The van der Waals surface area contributed by atoms with Crippen molar-refractivity contribution in [2.75, 3.05) is 13.7 Å². The Bertz CT molecular complexity index is 519. The van der Waals surface area contributed by atoms with Crippen molar-refractivity contribution in [2.45, 2.75) is 6.54 Å². The number of ether oxygens (including phenoxy) is 1. The molecule has 2 heterocycles. The van der Waals surface area contributed by atoms with Crippen LogP contribution >= 0.6 is 0 Å². The quantitative estimate of drug-likeness (QED) is 0.845. The first-order valence-corrected chi connectivity index (χ1v) is 4.89. The van der Waals surface area contributed by atoms with Gasteiger partial charge in [-0.15, -0.1) is 0 Å². The van der Waals surface area contributed by atoms with Crippen molar-refractivity contribution in [3.05, 3.63) is 30.2 Å². The molecule has 0 bridgehead atoms. The number of hydrogen-bond acceptors (Lipinski definition) is 3. The van der Waals surface area contributed by atoms with Crippen LogP contribution in [0.5, 0.6) is 0 Å². The van der Waals surface area contributed by atoms with Crippen LogP contribution in [0.2, 0.25) is 0 Å². The maximum absolute atomic E-state index is 11.1. The summed E-state index contributed by atoms with van der Waals surface area (Å²) < 4.78 is 6.69. The van der Waals surface area contributed by atoms with Crippen molar-refractivity contribution >= 4 is 16.9 Å². The van der Waals surface area contributed by atoms with Crippen molar-refractivity contribution < 1.29 is 14.6 Å². The van der Waals surface area contributed by atoms with Crippen molar-refractivity contribution in [3.63, 3.8) is 0 Å². The molecule has 0 unspecified atom stereocenters. The van der Waals surface area contributed by atoms with Crippen LogP contribution in [0.1, 0.15) is 10.5 Å². The third-order valence-corrected chi connectivity index (χ3v) is 2.44. The lowest BCUT2D eigenvalue weighted by atomic mass is 10.3. The van der Waals surface area contributed by atoms with Gasteiger partial charge < -0.3 is 14.4 Å². The molecular formula is C11H12N2O3. The van der Waals surface area contributed by atoms with Crippen LogP contribution in [0.4, 0.5) is 0 Å². The first-order chi connectivity index (χ1) is 7.74. The van der Waals surface area contributed by atoms with Crippen molar-refractivity contribution in [3.8, 4) is 0 Å². The minimum absolute atomic E-state index is 0.264. The molecule has 0 amide bonds. The number of rotatable bonds is 4. The molecule has 16 heavy (non-hydrogen) atoms. The molecule has 0 saturated carbocycles. The van der Waals surface area contributed by atoms with E-state index in [9.17, 15) is 4.79 Å². The number of aromatic carboxylic acids is 1. The van der Waals surface area contributed by atoms with Gasteiger partial charge in [0.25, 0.3) is 0 Å². The Hall–Kier alpha value is -1.88. The van der Waals surface area contributed by atoms with Gasteiger partial charge in [0.2, 0.25) is 0 Å². The Kier molecular flexibility index (Phi) is 2.87. The standard InChI is InChI=1S/C11H12N2O3/c1-16-5-4-13-9-2-3-12-7-8(9)6-10(13)11(14)15/h2-3,6-7H,4-5H2,1H3,(H,14,15). The predicted octanol–water partition coefficient (Wildman–Crippen LogP) is 1.38. The Balaban J connectivity index is 2.55. The molecule has 0 spiro atoms. The Morgan fingerprint density at radius 3 is 3.12 bits per heavy atom. The van der Waals surface area contributed by atoms with E-state index in [1.54, 1.807) is 36.2 Å². The van der Waals surface area contributed by atoms with Crippen LogP contribution in [-0.4, -0.2) is 34.3 Å². The maximum Gasteiger partial charge on any atom is 0.352 e. The van der Waals surface area contributed by atoms with Gasteiger partial charge in [-0.05, 0) is 12.1 Å². The maximum atomic E-state index is 11.1. The molecule has 0 radical (unpaired) electrons. The van der Waals surface area contributed by atoms with Gasteiger partial charge in [0.1, 0.15) is 5.69 Å². The molecule has 0 fully saturated rings. The zero-order chi connectivity index (χ0) is 11.5. The Labute approximate surface area is 92.3 Å². The van der Waals surface area contributed by atoms with E-state index in [-0.39, 0.29) is 5.69 Å². The number of methoxy groups -OCH3 is 1. The smallest absolute Gasteiger partial charge is 0.352 e. The van der Waals surface area contributed by atoms with E-state index >= 15 is 0 Å². The Morgan fingerprint density at radius 2 is 2.44 bits per heavy atom. The summed E-state index contributed by atoms with van der Waals surface area (Å²) in [4.78, 5) is 15.0. The molecule has 0 atom stereocenters. The van der Waals surface area contributed by atoms with E-state index in [0.29, 0.717) is 13.2 Å². The summed E-state index contributed by atoms with van der Waals surface area (Å²) in [7, 11) is 1.59. The van der Waals surface area contributed by atoms with Gasteiger partial charge in [-0.2, -0.15) is 0 Å². The number of carboxylic acid groups (broad SMARTS) is 1. The van der Waals surface area contributed by atoms with Gasteiger partial charge in [-0.25, -0.2) is 4.79 Å². The summed E-state index contributed by atoms with van der Waals surface area (Å²) in [6.07, 6.45) is 3.31. The van der Waals surface area contributed by atoms with Gasteiger partial charge in [0.15, 0.2) is 0 Å². The number of carboxylic acids is 1. The number of hydrogen-bond donors (Lipinski definition) is 1. The van der Waals surface area contributed by atoms with Crippen molar-refractivity contribution in [1.82, 2.24) is 9.55 Å². The molecule has 0 saturated heterocycles. The third-order valence-electron chi connectivity index (χ3n) is 2.44. The highest BCUT2D eigenvalue weighted by molar-refractivity contribution is 5.94. The van der Waals surface area contributed by atoms with Gasteiger partial charge in [0.05, 0.1) is 12.1 Å². The lowest BCUT2D eigenvalue weighted by Crippen LogP contribution is -2.11. The average Bonchev–Trinajstić information content (AvgIpc) is 2.65. The van der Waals surface area contributed by atoms with Crippen LogP contribution in [0.3, 0.4) is 0 Å². The van der Waals surface area contributed by atoms with E-state index in [1.807, 2.05) is 0 Å². The SMILES string of the molecule is COCCn1c(C(=O)O)cc2cnccc21. The molecule has 0 aliphatic heterocycles. The summed E-state index contributed by atoms with van der Waals surface area (Å²) in [5, 5.41) is 9.91. The fraction of sp³-hybridized carbons (Fsp3) is 0.273. The van der Waals surface area contributed by atoms with E-state index in [2.05, 4.69) is 4.98 Å². The second kappa shape index (κ2) is 4.32. The highest BCUT2D eigenvalue weighted by Crippen LogP contribution is 2.18. The monoisotopic (exact) mass is 220 g/mol. The zero-order valence-electron chi connectivity index (χ0n) is 8.88. The molecule has 5 nitrogen and oxygen atoms in total. The second-order valence-electron chi connectivity index (χ2n) is 3.41. The topological polar surface area (TPSA) is 64.3 Å². The lowest BCUT2D eigenvalue weighted by molar-refractivity contribution is 0.0683. The van der Waals surface area contributed by atoms with Crippen LogP contribution in [0.15, 0.2) is 24.5 Å². The summed E-state index contributed by atoms with van der Waals surface area (Å²) in [5.74, 6) is -0.938. The van der Waals surface area contributed by atoms with Crippen molar-refractivity contribution in [2.24, 2.45) is 0 Å². The summed E-state index contributed by atoms with van der Waals surface area (Å²) in [6.45, 7) is 0.998. The third kappa shape index (κ3) is 1.77. The molecule has 0 aliphatic carbocycles. The normalized spacial score (nSPS) is 10.8. The van der Waals surface area contributed by atoms with Crippen LogP contribution in [-0.2, 0) is 11.3 Å². The minimum Gasteiger partial charge on any atom is -0.477 e. The lowest BCUT2D eigenvalue weighted by Gasteiger charge is -2.06. The molecule has 2 aromatic rings. The summed E-state index contributed by atoms with van der Waals surface area (Å²) >= 11 is 0. The van der Waals surface area contributed by atoms with Crippen molar-refractivity contribution in [1.29, 1.82) is 0 Å². The number of fused-ring (bicyclic) bond motifs is 1. The highest BCUT2D eigenvalue weighted by Gasteiger charge is 2.13. The van der Waals surface area contributed by atoms with E-state index < -0.39 is 5.97 Å². The van der Waals surface area contributed by atoms with Gasteiger partial charge in [0, 0.05) is 31.4 Å². The number of carbonyl (C=O) groups is 1. The number of pyridine rings is 1. The molecular weight excluding hydrogens is 208 g/mol. The highest BCUT2D eigenvalue weighted by atomic mass is 16.5. The zero-order valence-corrected chi connectivity index (χ0v) is 8.88. The average molecular weight is 220 g/mol. The molecule has 1 N–H and O–H groups in total. The second-order valence-corrected chi connectivity index (χ2v) is 3.41. The molecule has 84 valence electrons. The fourth-order valence-corrected chi connectivity index (χ4v) is 1.71. The van der Waals surface area contributed by atoms with Gasteiger partial charge in [-0.3, -0.25) is 4.98 Å². The summed E-state index contributed by atoms with van der Waals surface area (Å²) in [5.41, 5.74) is 1.13. The largest absolute Gasteiger partial charge is 0.477 e.